The van der Waals surface area contributed by atoms with Crippen LogP contribution in [0, 0.1) is 15.5 Å². The maximum Gasteiger partial charge on any atom is 0.294 e. The molecular weight excluding hydrogens is 322 g/mol. The van der Waals surface area contributed by atoms with Crippen LogP contribution in [0.5, 0.6) is 0 Å². The summed E-state index contributed by atoms with van der Waals surface area (Å²) in [5, 5.41) is 14.2. The molecule has 134 valence electrons. The number of nitro benzene ring substituents is 1. The average molecular weight is 345 g/mol. The van der Waals surface area contributed by atoms with Gasteiger partial charge in [-0.05, 0) is 31.6 Å². The second kappa shape index (κ2) is 7.43. The van der Waals surface area contributed by atoms with Gasteiger partial charge in [-0.25, -0.2) is 4.98 Å². The molecule has 0 atom stereocenters. The molecule has 2 rings (SSSR count). The molecule has 0 saturated carbocycles. The molecule has 25 heavy (non-hydrogen) atoms. The normalized spacial score (nSPS) is 11.6. The number of benzene rings is 1. The summed E-state index contributed by atoms with van der Waals surface area (Å²) in [5.41, 5.74) is 0.378. The van der Waals surface area contributed by atoms with Gasteiger partial charge in [0.1, 0.15) is 5.69 Å². The van der Waals surface area contributed by atoms with E-state index in [1.54, 1.807) is 22.9 Å². The van der Waals surface area contributed by atoms with E-state index < -0.39 is 4.92 Å². The molecule has 0 bridgehead atoms. The topological polar surface area (TPSA) is 93.3 Å². The summed E-state index contributed by atoms with van der Waals surface area (Å²) >= 11 is 0. The van der Waals surface area contributed by atoms with Gasteiger partial charge < -0.3 is 14.8 Å². The summed E-state index contributed by atoms with van der Waals surface area (Å²) in [6.45, 7) is 5.39. The number of rotatable bonds is 7. The predicted octanol–water partition coefficient (Wildman–Crippen LogP) is 2.10. The number of hydrogen-bond acceptors (Lipinski definition) is 5. The van der Waals surface area contributed by atoms with E-state index in [2.05, 4.69) is 29.0 Å². The highest BCUT2D eigenvalue weighted by Crippen LogP contribution is 2.24. The van der Waals surface area contributed by atoms with Crippen molar-refractivity contribution in [1.29, 1.82) is 0 Å². The lowest BCUT2D eigenvalue weighted by Gasteiger charge is -2.28. The molecule has 8 nitrogen and oxygen atoms in total. The second-order valence-corrected chi connectivity index (χ2v) is 7.02. The molecule has 0 unspecified atom stereocenters. The number of carbonyl (C=O) groups is 1. The Morgan fingerprint density at radius 2 is 2.12 bits per heavy atom. The fourth-order valence-electron chi connectivity index (χ4n) is 2.76. The van der Waals surface area contributed by atoms with E-state index in [9.17, 15) is 14.9 Å². The smallest absolute Gasteiger partial charge is 0.294 e. The molecule has 0 spiro atoms. The maximum atomic E-state index is 12.4. The number of nitro groups is 1. The molecule has 8 heteroatoms. The van der Waals surface area contributed by atoms with Gasteiger partial charge in [0.25, 0.3) is 11.6 Å². The second-order valence-electron chi connectivity index (χ2n) is 7.02. The van der Waals surface area contributed by atoms with Crippen LogP contribution in [0.2, 0.25) is 0 Å². The molecule has 0 aliphatic carbocycles. The van der Waals surface area contributed by atoms with Crippen LogP contribution in [0.15, 0.2) is 36.9 Å². The van der Waals surface area contributed by atoms with Gasteiger partial charge >= 0.3 is 0 Å². The molecule has 1 N–H and O–H groups in total. The SMILES string of the molecule is CN(C)CC(C)(C)CNC(=O)c1ccc(-n2ccnc2)c([N+](=O)[O-])c1. The number of amides is 1. The lowest BCUT2D eigenvalue weighted by molar-refractivity contribution is -0.384. The van der Waals surface area contributed by atoms with Crippen LogP contribution in [0.25, 0.3) is 5.69 Å². The Balaban J connectivity index is 2.18. The zero-order chi connectivity index (χ0) is 18.6. The van der Waals surface area contributed by atoms with Crippen molar-refractivity contribution in [2.75, 3.05) is 27.2 Å². The molecule has 0 radical (unpaired) electrons. The number of carbonyl (C=O) groups excluding carboxylic acids is 1. The van der Waals surface area contributed by atoms with E-state index in [4.69, 9.17) is 0 Å². The number of hydrogen-bond donors (Lipinski definition) is 1. The van der Waals surface area contributed by atoms with E-state index >= 15 is 0 Å². The van der Waals surface area contributed by atoms with E-state index in [-0.39, 0.29) is 22.6 Å². The summed E-state index contributed by atoms with van der Waals surface area (Å²) in [4.78, 5) is 29.2. The number of imidazole rings is 1. The largest absolute Gasteiger partial charge is 0.351 e. The van der Waals surface area contributed by atoms with Crippen molar-refractivity contribution >= 4 is 11.6 Å². The van der Waals surface area contributed by atoms with E-state index in [0.717, 1.165) is 6.54 Å². The molecule has 0 aliphatic heterocycles. The molecule has 0 aliphatic rings. The Hall–Kier alpha value is -2.74. The summed E-state index contributed by atoms with van der Waals surface area (Å²) in [6.07, 6.45) is 4.63. The first-order valence-electron chi connectivity index (χ1n) is 7.89. The van der Waals surface area contributed by atoms with Gasteiger partial charge in [-0.3, -0.25) is 14.9 Å². The van der Waals surface area contributed by atoms with Gasteiger partial charge in [0.2, 0.25) is 0 Å². The fraction of sp³-hybridized carbons (Fsp3) is 0.412. The molecule has 1 aromatic heterocycles. The zero-order valence-electron chi connectivity index (χ0n) is 14.9. The standard InChI is InChI=1S/C17H23N5O3/c1-17(2,11-20(3)4)10-19-16(23)13-5-6-14(15(9-13)22(24)25)21-8-7-18-12-21/h5-9,12H,10-11H2,1-4H3,(H,19,23). The quantitative estimate of drug-likeness (QED) is 0.613. The lowest BCUT2D eigenvalue weighted by atomic mass is 9.93. The average Bonchev–Trinajstić information content (AvgIpc) is 3.05. The van der Waals surface area contributed by atoms with Crippen molar-refractivity contribution < 1.29 is 9.72 Å². The maximum absolute atomic E-state index is 12.4. The highest BCUT2D eigenvalue weighted by atomic mass is 16.6. The summed E-state index contributed by atoms with van der Waals surface area (Å²) in [7, 11) is 3.95. The number of aromatic nitrogens is 2. The van der Waals surface area contributed by atoms with Crippen molar-refractivity contribution in [2.24, 2.45) is 5.41 Å². The predicted molar refractivity (Wildman–Crippen MR) is 94.9 cm³/mol. The van der Waals surface area contributed by atoms with Crippen LogP contribution >= 0.6 is 0 Å². The van der Waals surface area contributed by atoms with Crippen molar-refractivity contribution in [3.63, 3.8) is 0 Å². The van der Waals surface area contributed by atoms with Crippen molar-refractivity contribution in [3.05, 3.63) is 52.6 Å². The minimum atomic E-state index is -0.498. The zero-order valence-corrected chi connectivity index (χ0v) is 14.9. The van der Waals surface area contributed by atoms with Gasteiger partial charge in [-0.1, -0.05) is 13.8 Å². The summed E-state index contributed by atoms with van der Waals surface area (Å²) < 4.78 is 1.54. The molecule has 2 aromatic rings. The van der Waals surface area contributed by atoms with Gasteiger partial charge in [-0.2, -0.15) is 0 Å². The Kier molecular flexibility index (Phi) is 5.53. The van der Waals surface area contributed by atoms with Gasteiger partial charge in [0.05, 0.1) is 11.3 Å². The summed E-state index contributed by atoms with van der Waals surface area (Å²) in [6, 6.07) is 4.43. The molecule has 1 amide bonds. The Morgan fingerprint density at radius 3 is 2.68 bits per heavy atom. The Bertz CT molecular complexity index is 754. The summed E-state index contributed by atoms with van der Waals surface area (Å²) in [5.74, 6) is -0.327. The number of nitrogens with zero attached hydrogens (tertiary/aromatic N) is 4. The Labute approximate surface area is 146 Å². The molecule has 1 heterocycles. The highest BCUT2D eigenvalue weighted by molar-refractivity contribution is 5.95. The van der Waals surface area contributed by atoms with Crippen LogP contribution in [0.4, 0.5) is 5.69 Å². The first-order chi connectivity index (χ1) is 11.7. The fourth-order valence-corrected chi connectivity index (χ4v) is 2.76. The third-order valence-electron chi connectivity index (χ3n) is 3.69. The molecule has 1 aromatic carbocycles. The van der Waals surface area contributed by atoms with Crippen molar-refractivity contribution in [3.8, 4) is 5.69 Å². The van der Waals surface area contributed by atoms with Gasteiger partial charge in [-0.15, -0.1) is 0 Å². The van der Waals surface area contributed by atoms with Crippen LogP contribution < -0.4 is 5.32 Å². The van der Waals surface area contributed by atoms with Gasteiger partial charge in [0.15, 0.2) is 0 Å². The third kappa shape index (κ3) is 4.87. The number of nitrogens with one attached hydrogen (secondary N) is 1. The van der Waals surface area contributed by atoms with Crippen LogP contribution in [0.1, 0.15) is 24.2 Å². The van der Waals surface area contributed by atoms with E-state index in [1.807, 2.05) is 14.1 Å². The first kappa shape index (κ1) is 18.6. The third-order valence-corrected chi connectivity index (χ3v) is 3.69. The van der Waals surface area contributed by atoms with Gasteiger partial charge in [0, 0.05) is 37.1 Å². The lowest BCUT2D eigenvalue weighted by Crippen LogP contribution is -2.40. The van der Waals surface area contributed by atoms with Crippen LogP contribution in [-0.4, -0.2) is 52.5 Å². The van der Waals surface area contributed by atoms with Crippen molar-refractivity contribution in [1.82, 2.24) is 19.8 Å². The minimum absolute atomic E-state index is 0.109. The molecule has 0 fully saturated rings. The van der Waals surface area contributed by atoms with Crippen LogP contribution in [0.3, 0.4) is 0 Å². The first-order valence-corrected chi connectivity index (χ1v) is 7.89. The monoisotopic (exact) mass is 345 g/mol. The minimum Gasteiger partial charge on any atom is -0.351 e. The highest BCUT2D eigenvalue weighted by Gasteiger charge is 2.22. The van der Waals surface area contributed by atoms with Crippen molar-refractivity contribution in [2.45, 2.75) is 13.8 Å². The van der Waals surface area contributed by atoms with E-state index in [0.29, 0.717) is 12.2 Å². The van der Waals surface area contributed by atoms with E-state index in [1.165, 1.54) is 18.6 Å². The molecule has 0 saturated heterocycles. The van der Waals surface area contributed by atoms with Crippen LogP contribution in [-0.2, 0) is 0 Å². The molecular formula is C17H23N5O3. The Morgan fingerprint density at radius 1 is 1.40 bits per heavy atom.